The number of anilines is 1. The van der Waals surface area contributed by atoms with Crippen LogP contribution in [0, 0.1) is 0 Å². The van der Waals surface area contributed by atoms with Crippen LogP contribution >= 0.6 is 0 Å². The highest BCUT2D eigenvalue weighted by Gasteiger charge is 2.34. The lowest BCUT2D eigenvalue weighted by Gasteiger charge is -2.26. The standard InChI is InChI=1S/C20H29N3O3S/c1-2-23(18-11-13-27(25,26)15-18)20(24)19-9-8-17(14-22-19)21-12-10-16-6-4-3-5-7-16/h6,8-9,14,18,21H,2-5,7,10-13,15H2,1H3. The third-order valence-corrected chi connectivity index (χ3v) is 7.14. The van der Waals surface area contributed by atoms with E-state index in [1.54, 1.807) is 17.2 Å². The molecule has 3 rings (SSSR count). The molecule has 1 saturated heterocycles. The Morgan fingerprint density at radius 2 is 2.19 bits per heavy atom. The number of amides is 1. The zero-order valence-electron chi connectivity index (χ0n) is 16.0. The first-order chi connectivity index (χ1) is 13.0. The quantitative estimate of drug-likeness (QED) is 0.723. The monoisotopic (exact) mass is 391 g/mol. The fourth-order valence-electron chi connectivity index (χ4n) is 3.86. The molecule has 1 aliphatic carbocycles. The van der Waals surface area contributed by atoms with Crippen molar-refractivity contribution < 1.29 is 13.2 Å². The van der Waals surface area contributed by atoms with Crippen LogP contribution in [-0.2, 0) is 9.84 Å². The summed E-state index contributed by atoms with van der Waals surface area (Å²) in [6.07, 6.45) is 10.6. The largest absolute Gasteiger partial charge is 0.383 e. The van der Waals surface area contributed by atoms with Crippen molar-refractivity contribution >= 4 is 21.4 Å². The van der Waals surface area contributed by atoms with Crippen LogP contribution in [0.5, 0.6) is 0 Å². The van der Waals surface area contributed by atoms with Crippen LogP contribution in [0.3, 0.4) is 0 Å². The number of sulfone groups is 1. The first-order valence-corrected chi connectivity index (χ1v) is 11.7. The number of hydrogen-bond donors (Lipinski definition) is 1. The van der Waals surface area contributed by atoms with Gasteiger partial charge in [-0.2, -0.15) is 0 Å². The smallest absolute Gasteiger partial charge is 0.272 e. The second kappa shape index (κ2) is 8.87. The Morgan fingerprint density at radius 1 is 1.33 bits per heavy atom. The van der Waals surface area contributed by atoms with Crippen LogP contribution in [0.4, 0.5) is 5.69 Å². The van der Waals surface area contributed by atoms with Crippen molar-refractivity contribution in [2.24, 2.45) is 0 Å². The zero-order valence-corrected chi connectivity index (χ0v) is 16.8. The summed E-state index contributed by atoms with van der Waals surface area (Å²) in [5, 5.41) is 3.36. The molecule has 1 aromatic rings. The Hall–Kier alpha value is -1.89. The van der Waals surface area contributed by atoms with Gasteiger partial charge in [-0.15, -0.1) is 0 Å². The lowest BCUT2D eigenvalue weighted by Crippen LogP contribution is -2.41. The van der Waals surface area contributed by atoms with Gasteiger partial charge in [-0.1, -0.05) is 11.6 Å². The summed E-state index contributed by atoms with van der Waals surface area (Å²) in [5.74, 6) is 0.0227. The molecule has 0 bridgehead atoms. The van der Waals surface area contributed by atoms with Gasteiger partial charge in [0.1, 0.15) is 5.69 Å². The lowest BCUT2D eigenvalue weighted by atomic mass is 9.97. The van der Waals surface area contributed by atoms with Crippen molar-refractivity contribution in [3.63, 3.8) is 0 Å². The molecule has 0 saturated carbocycles. The highest BCUT2D eigenvalue weighted by Crippen LogP contribution is 2.21. The lowest BCUT2D eigenvalue weighted by molar-refractivity contribution is 0.0702. The van der Waals surface area contributed by atoms with Crippen molar-refractivity contribution in [3.8, 4) is 0 Å². The predicted molar refractivity (Wildman–Crippen MR) is 108 cm³/mol. The SMILES string of the molecule is CCN(C(=O)c1ccc(NCCC2=CCCCC2)cn1)C1CCS(=O)(=O)C1. The molecule has 148 valence electrons. The number of hydrogen-bond acceptors (Lipinski definition) is 5. The van der Waals surface area contributed by atoms with Gasteiger partial charge in [0.25, 0.3) is 5.91 Å². The number of rotatable bonds is 7. The molecule has 1 aromatic heterocycles. The average Bonchev–Trinajstić information content (AvgIpc) is 3.03. The Labute approximate surface area is 162 Å². The van der Waals surface area contributed by atoms with Gasteiger partial charge < -0.3 is 10.2 Å². The van der Waals surface area contributed by atoms with Gasteiger partial charge in [-0.3, -0.25) is 4.79 Å². The number of allylic oxidation sites excluding steroid dienone is 1. The van der Waals surface area contributed by atoms with E-state index in [0.29, 0.717) is 18.7 Å². The van der Waals surface area contributed by atoms with Crippen molar-refractivity contribution in [2.45, 2.75) is 51.5 Å². The molecule has 27 heavy (non-hydrogen) atoms. The molecule has 1 amide bonds. The maximum atomic E-state index is 12.7. The molecule has 0 aromatic carbocycles. The summed E-state index contributed by atoms with van der Waals surface area (Å²) >= 11 is 0. The summed E-state index contributed by atoms with van der Waals surface area (Å²) in [6, 6.07) is 3.35. The number of nitrogens with zero attached hydrogens (tertiary/aromatic N) is 2. The van der Waals surface area contributed by atoms with Gasteiger partial charge >= 0.3 is 0 Å². The molecule has 6 nitrogen and oxygen atoms in total. The van der Waals surface area contributed by atoms with E-state index in [0.717, 1.165) is 18.7 Å². The van der Waals surface area contributed by atoms with E-state index in [4.69, 9.17) is 0 Å². The van der Waals surface area contributed by atoms with Crippen LogP contribution in [0.1, 0.15) is 55.9 Å². The van der Waals surface area contributed by atoms with Crippen LogP contribution in [0.2, 0.25) is 0 Å². The van der Waals surface area contributed by atoms with E-state index < -0.39 is 9.84 Å². The first kappa shape index (κ1) is 19.9. The van der Waals surface area contributed by atoms with E-state index in [-0.39, 0.29) is 23.5 Å². The van der Waals surface area contributed by atoms with Gasteiger partial charge in [0.2, 0.25) is 0 Å². The zero-order chi connectivity index (χ0) is 19.3. The summed E-state index contributed by atoms with van der Waals surface area (Å²) in [5.41, 5.74) is 2.79. The fraction of sp³-hybridized carbons (Fsp3) is 0.600. The molecule has 2 heterocycles. The van der Waals surface area contributed by atoms with E-state index in [9.17, 15) is 13.2 Å². The molecule has 1 aliphatic heterocycles. The topological polar surface area (TPSA) is 79.4 Å². The minimum absolute atomic E-state index is 0.0576. The predicted octanol–water partition coefficient (Wildman–Crippen LogP) is 3.03. The Kier molecular flexibility index (Phi) is 6.52. The van der Waals surface area contributed by atoms with Crippen LogP contribution in [0.15, 0.2) is 30.0 Å². The molecule has 0 spiro atoms. The molecule has 1 unspecified atom stereocenters. The van der Waals surface area contributed by atoms with Gasteiger partial charge in [-0.25, -0.2) is 13.4 Å². The van der Waals surface area contributed by atoms with Gasteiger partial charge in [0.05, 0.1) is 23.4 Å². The second-order valence-corrected chi connectivity index (χ2v) is 9.59. The second-order valence-electron chi connectivity index (χ2n) is 7.37. The minimum atomic E-state index is -3.02. The van der Waals surface area contributed by atoms with Gasteiger partial charge in [0.15, 0.2) is 9.84 Å². The van der Waals surface area contributed by atoms with E-state index in [2.05, 4.69) is 16.4 Å². The Morgan fingerprint density at radius 3 is 2.78 bits per heavy atom. The van der Waals surface area contributed by atoms with Crippen LogP contribution in [0.25, 0.3) is 0 Å². The highest BCUT2D eigenvalue weighted by molar-refractivity contribution is 7.91. The third kappa shape index (κ3) is 5.31. The molecule has 1 atom stereocenters. The van der Waals surface area contributed by atoms with E-state index in [1.807, 2.05) is 13.0 Å². The van der Waals surface area contributed by atoms with Gasteiger partial charge in [-0.05, 0) is 57.6 Å². The van der Waals surface area contributed by atoms with Crippen molar-refractivity contribution in [1.29, 1.82) is 0 Å². The summed E-state index contributed by atoms with van der Waals surface area (Å²) < 4.78 is 23.4. The Bertz CT molecular complexity index is 787. The molecule has 1 N–H and O–H groups in total. The van der Waals surface area contributed by atoms with Crippen LogP contribution in [-0.4, -0.2) is 54.8 Å². The Balaban J connectivity index is 1.55. The third-order valence-electron chi connectivity index (χ3n) is 5.39. The molecule has 7 heteroatoms. The minimum Gasteiger partial charge on any atom is -0.383 e. The van der Waals surface area contributed by atoms with Crippen molar-refractivity contribution in [3.05, 3.63) is 35.7 Å². The molecule has 2 aliphatic rings. The maximum Gasteiger partial charge on any atom is 0.272 e. The summed E-state index contributed by atoms with van der Waals surface area (Å²) in [6.45, 7) is 3.22. The average molecular weight is 392 g/mol. The number of carbonyl (C=O) groups excluding carboxylic acids is 1. The molecule has 0 radical (unpaired) electrons. The number of nitrogens with one attached hydrogen (secondary N) is 1. The summed E-state index contributed by atoms with van der Waals surface area (Å²) in [4.78, 5) is 18.7. The molecular weight excluding hydrogens is 362 g/mol. The number of aromatic nitrogens is 1. The van der Waals surface area contributed by atoms with E-state index >= 15 is 0 Å². The maximum absolute atomic E-state index is 12.7. The van der Waals surface area contributed by atoms with Crippen LogP contribution < -0.4 is 5.32 Å². The summed E-state index contributed by atoms with van der Waals surface area (Å²) in [7, 11) is -3.02. The highest BCUT2D eigenvalue weighted by atomic mass is 32.2. The molecule has 1 fully saturated rings. The van der Waals surface area contributed by atoms with E-state index in [1.165, 1.54) is 31.3 Å². The number of pyridine rings is 1. The van der Waals surface area contributed by atoms with Gasteiger partial charge in [0, 0.05) is 19.1 Å². The first-order valence-electron chi connectivity index (χ1n) is 9.88. The number of carbonyl (C=O) groups is 1. The normalized spacial score (nSPS) is 21.5. The van der Waals surface area contributed by atoms with Crippen molar-refractivity contribution in [1.82, 2.24) is 9.88 Å². The molecular formula is C20H29N3O3S. The fourth-order valence-corrected chi connectivity index (χ4v) is 5.59. The van der Waals surface area contributed by atoms with Crippen molar-refractivity contribution in [2.75, 3.05) is 29.9 Å².